The Bertz CT molecular complexity index is 809. The lowest BCUT2D eigenvalue weighted by Gasteiger charge is -2.36. The topological polar surface area (TPSA) is 35.6 Å². The Morgan fingerprint density at radius 1 is 1.07 bits per heavy atom. The number of anilines is 1. The molecule has 0 bridgehead atoms. The molecule has 0 aromatic heterocycles. The van der Waals surface area contributed by atoms with Crippen LogP contribution >= 0.6 is 0 Å². The van der Waals surface area contributed by atoms with Gasteiger partial charge < -0.3 is 15.1 Å². The van der Waals surface area contributed by atoms with Crippen molar-refractivity contribution in [2.45, 2.75) is 25.2 Å². The van der Waals surface area contributed by atoms with Crippen LogP contribution < -0.4 is 10.2 Å². The van der Waals surface area contributed by atoms with Gasteiger partial charge in [0.1, 0.15) is 5.82 Å². The molecule has 1 aliphatic heterocycles. The summed E-state index contributed by atoms with van der Waals surface area (Å²) in [6, 6.07) is 15.2. The first kappa shape index (κ1) is 17.8. The van der Waals surface area contributed by atoms with E-state index in [2.05, 4.69) is 41.4 Å². The van der Waals surface area contributed by atoms with E-state index in [1.165, 1.54) is 23.4 Å². The van der Waals surface area contributed by atoms with Gasteiger partial charge in [-0.3, -0.25) is 0 Å². The van der Waals surface area contributed by atoms with E-state index in [0.29, 0.717) is 6.54 Å². The van der Waals surface area contributed by atoms with E-state index in [0.717, 1.165) is 44.6 Å². The van der Waals surface area contributed by atoms with E-state index < -0.39 is 0 Å². The lowest BCUT2D eigenvalue weighted by atomic mass is 9.96. The fourth-order valence-corrected chi connectivity index (χ4v) is 3.87. The Hall–Kier alpha value is -2.56. The molecule has 2 aliphatic rings. The summed E-state index contributed by atoms with van der Waals surface area (Å²) in [6.45, 7) is 5.87. The van der Waals surface area contributed by atoms with Crippen LogP contribution in [0.1, 0.15) is 24.0 Å². The number of amides is 2. The van der Waals surface area contributed by atoms with Crippen LogP contribution in [0.5, 0.6) is 0 Å². The smallest absolute Gasteiger partial charge is 0.317 e. The maximum absolute atomic E-state index is 13.1. The summed E-state index contributed by atoms with van der Waals surface area (Å²) in [6.07, 6.45) is 2.08. The van der Waals surface area contributed by atoms with Crippen molar-refractivity contribution in [2.75, 3.05) is 37.6 Å². The van der Waals surface area contributed by atoms with Crippen LogP contribution in [0.4, 0.5) is 14.9 Å². The molecule has 2 amide bonds. The van der Waals surface area contributed by atoms with E-state index in [4.69, 9.17) is 0 Å². The molecule has 0 spiro atoms. The van der Waals surface area contributed by atoms with Crippen molar-refractivity contribution in [3.8, 4) is 0 Å². The normalized spacial score (nSPS) is 18.3. The SMILES string of the molecule is Cc1cccc(N2CCN(C(=O)NCC3(c4ccc(F)cc4)CC3)CC2)c1. The molecule has 5 heteroatoms. The zero-order valence-corrected chi connectivity index (χ0v) is 15.7. The number of hydrogen-bond acceptors (Lipinski definition) is 2. The lowest BCUT2D eigenvalue weighted by Crippen LogP contribution is -2.52. The van der Waals surface area contributed by atoms with Crippen molar-refractivity contribution in [2.24, 2.45) is 0 Å². The average Bonchev–Trinajstić information content (AvgIpc) is 3.48. The van der Waals surface area contributed by atoms with Gasteiger partial charge in [-0.2, -0.15) is 0 Å². The van der Waals surface area contributed by atoms with Crippen LogP contribution in [0.2, 0.25) is 0 Å². The molecule has 0 atom stereocenters. The van der Waals surface area contributed by atoms with E-state index in [-0.39, 0.29) is 17.3 Å². The van der Waals surface area contributed by atoms with Gasteiger partial charge in [0.05, 0.1) is 0 Å². The summed E-state index contributed by atoms with van der Waals surface area (Å²) < 4.78 is 13.1. The lowest BCUT2D eigenvalue weighted by molar-refractivity contribution is 0.193. The molecule has 0 unspecified atom stereocenters. The van der Waals surface area contributed by atoms with Crippen molar-refractivity contribution in [1.29, 1.82) is 0 Å². The Kier molecular flexibility index (Phi) is 4.77. The second-order valence-electron chi connectivity index (χ2n) is 7.76. The highest BCUT2D eigenvalue weighted by molar-refractivity contribution is 5.75. The van der Waals surface area contributed by atoms with Gasteiger partial charge in [-0.05, 0) is 55.2 Å². The number of piperazine rings is 1. The number of halogens is 1. The molecule has 1 heterocycles. The standard InChI is InChI=1S/C22H26FN3O/c1-17-3-2-4-20(15-17)25-11-13-26(14-12-25)21(27)24-16-22(9-10-22)18-5-7-19(23)8-6-18/h2-8,15H,9-14,16H2,1H3,(H,24,27). The number of nitrogens with zero attached hydrogens (tertiary/aromatic N) is 2. The maximum Gasteiger partial charge on any atom is 0.317 e. The first-order valence-electron chi connectivity index (χ1n) is 9.66. The minimum absolute atomic E-state index is 0.00674. The Morgan fingerprint density at radius 2 is 1.78 bits per heavy atom. The van der Waals surface area contributed by atoms with E-state index in [1.807, 2.05) is 17.0 Å². The summed E-state index contributed by atoms with van der Waals surface area (Å²) in [7, 11) is 0. The van der Waals surface area contributed by atoms with Gasteiger partial charge >= 0.3 is 6.03 Å². The number of carbonyl (C=O) groups excluding carboxylic acids is 1. The molecule has 1 saturated carbocycles. The highest BCUT2D eigenvalue weighted by Crippen LogP contribution is 2.47. The molecule has 1 saturated heterocycles. The zero-order valence-electron chi connectivity index (χ0n) is 15.7. The van der Waals surface area contributed by atoms with E-state index >= 15 is 0 Å². The van der Waals surface area contributed by atoms with Gasteiger partial charge in [-0.25, -0.2) is 9.18 Å². The van der Waals surface area contributed by atoms with Crippen LogP contribution in [0.15, 0.2) is 48.5 Å². The second-order valence-corrected chi connectivity index (χ2v) is 7.76. The number of nitrogens with one attached hydrogen (secondary N) is 1. The molecule has 1 aliphatic carbocycles. The van der Waals surface area contributed by atoms with Crippen LogP contribution in [0.25, 0.3) is 0 Å². The fourth-order valence-electron chi connectivity index (χ4n) is 3.87. The van der Waals surface area contributed by atoms with Crippen molar-refractivity contribution in [3.63, 3.8) is 0 Å². The number of aryl methyl sites for hydroxylation is 1. The quantitative estimate of drug-likeness (QED) is 0.894. The van der Waals surface area contributed by atoms with Crippen LogP contribution in [0, 0.1) is 12.7 Å². The molecule has 2 aromatic rings. The molecular formula is C22H26FN3O. The number of carbonyl (C=O) groups is 1. The van der Waals surface area contributed by atoms with E-state index in [9.17, 15) is 9.18 Å². The predicted molar refractivity (Wildman–Crippen MR) is 106 cm³/mol. The predicted octanol–water partition coefficient (Wildman–Crippen LogP) is 3.70. The summed E-state index contributed by atoms with van der Waals surface area (Å²) in [5.41, 5.74) is 3.59. The molecule has 0 radical (unpaired) electrons. The number of benzene rings is 2. The molecule has 4 rings (SSSR count). The molecule has 1 N–H and O–H groups in total. The Balaban J connectivity index is 1.29. The largest absolute Gasteiger partial charge is 0.368 e. The molecule has 2 aromatic carbocycles. The maximum atomic E-state index is 13.1. The number of rotatable bonds is 4. The third-order valence-electron chi connectivity index (χ3n) is 5.82. The van der Waals surface area contributed by atoms with Gasteiger partial charge in [0, 0.05) is 43.8 Å². The minimum Gasteiger partial charge on any atom is -0.368 e. The fraction of sp³-hybridized carbons (Fsp3) is 0.409. The first-order valence-corrected chi connectivity index (χ1v) is 9.66. The third kappa shape index (κ3) is 3.92. The minimum atomic E-state index is -0.218. The van der Waals surface area contributed by atoms with Gasteiger partial charge in [0.25, 0.3) is 0 Å². The molecular weight excluding hydrogens is 341 g/mol. The van der Waals surface area contributed by atoms with Gasteiger partial charge in [-0.15, -0.1) is 0 Å². The van der Waals surface area contributed by atoms with Crippen LogP contribution in [-0.2, 0) is 5.41 Å². The van der Waals surface area contributed by atoms with Crippen molar-refractivity contribution in [3.05, 3.63) is 65.5 Å². The third-order valence-corrected chi connectivity index (χ3v) is 5.82. The van der Waals surface area contributed by atoms with Gasteiger partial charge in [0.2, 0.25) is 0 Å². The van der Waals surface area contributed by atoms with Crippen LogP contribution in [0.3, 0.4) is 0 Å². The van der Waals surface area contributed by atoms with Crippen molar-refractivity contribution < 1.29 is 9.18 Å². The average molecular weight is 367 g/mol. The Morgan fingerprint density at radius 3 is 2.41 bits per heavy atom. The molecule has 4 nitrogen and oxygen atoms in total. The van der Waals surface area contributed by atoms with E-state index in [1.54, 1.807) is 0 Å². The molecule has 27 heavy (non-hydrogen) atoms. The molecule has 2 fully saturated rings. The zero-order chi connectivity index (χ0) is 18.9. The van der Waals surface area contributed by atoms with Crippen molar-refractivity contribution in [1.82, 2.24) is 10.2 Å². The Labute approximate surface area is 160 Å². The summed E-state index contributed by atoms with van der Waals surface area (Å²) in [5, 5.41) is 3.11. The monoisotopic (exact) mass is 367 g/mol. The summed E-state index contributed by atoms with van der Waals surface area (Å²) in [4.78, 5) is 16.8. The highest BCUT2D eigenvalue weighted by atomic mass is 19.1. The molecule has 142 valence electrons. The number of hydrogen-bond donors (Lipinski definition) is 1. The highest BCUT2D eigenvalue weighted by Gasteiger charge is 2.44. The van der Waals surface area contributed by atoms with Crippen molar-refractivity contribution >= 4 is 11.7 Å². The van der Waals surface area contributed by atoms with Gasteiger partial charge in [-0.1, -0.05) is 24.3 Å². The summed E-state index contributed by atoms with van der Waals surface area (Å²) >= 11 is 0. The first-order chi connectivity index (χ1) is 13.1. The van der Waals surface area contributed by atoms with Crippen LogP contribution in [-0.4, -0.2) is 43.7 Å². The summed E-state index contributed by atoms with van der Waals surface area (Å²) in [5.74, 6) is -0.218. The second kappa shape index (κ2) is 7.22. The van der Waals surface area contributed by atoms with Gasteiger partial charge in [0.15, 0.2) is 0 Å². The number of urea groups is 1.